The predicted octanol–water partition coefficient (Wildman–Crippen LogP) is 3.17. The molecular weight excluding hydrogens is 396 g/mol. The standard InChI is InChI=1S/C22H32N6OS/c1-3-20-11-21(22(30-20)6-9-29)17-4-7-27(16(2)10-17)13-19-14-28(26-25-19)8-5-18-12-23-15-24-18/h11-12,14-17,29H,3-10,13H2,1-2H3,(H,23,24)/t16-,17?/m0/s1. The van der Waals surface area contributed by atoms with Gasteiger partial charge in [-0.05, 0) is 50.3 Å². The lowest BCUT2D eigenvalue weighted by molar-refractivity contribution is 0.137. The third-order valence-electron chi connectivity index (χ3n) is 6.15. The van der Waals surface area contributed by atoms with Crippen LogP contribution in [0.25, 0.3) is 0 Å². The van der Waals surface area contributed by atoms with Crippen LogP contribution >= 0.6 is 11.3 Å². The number of H-pyrrole nitrogens is 1. The normalized spacial score (nSPS) is 20.1. The number of nitrogens with one attached hydrogen (secondary N) is 1. The minimum atomic E-state index is 0.237. The number of aliphatic hydroxyl groups excluding tert-OH is 1. The van der Waals surface area contributed by atoms with E-state index in [-0.39, 0.29) is 6.61 Å². The van der Waals surface area contributed by atoms with Gasteiger partial charge in [-0.3, -0.25) is 9.58 Å². The number of nitrogens with zero attached hydrogens (tertiary/aromatic N) is 5. The van der Waals surface area contributed by atoms with Crippen LogP contribution in [0.3, 0.4) is 0 Å². The number of rotatable bonds is 9. The first-order valence-corrected chi connectivity index (χ1v) is 11.8. The van der Waals surface area contributed by atoms with Crippen LogP contribution in [-0.4, -0.2) is 54.2 Å². The second-order valence-corrected chi connectivity index (χ2v) is 9.48. The van der Waals surface area contributed by atoms with Crippen molar-refractivity contribution in [1.29, 1.82) is 0 Å². The Morgan fingerprint density at radius 2 is 2.23 bits per heavy atom. The molecule has 30 heavy (non-hydrogen) atoms. The second-order valence-electron chi connectivity index (χ2n) is 8.26. The van der Waals surface area contributed by atoms with Gasteiger partial charge in [-0.25, -0.2) is 4.98 Å². The van der Waals surface area contributed by atoms with Crippen molar-refractivity contribution in [3.05, 3.63) is 51.5 Å². The first kappa shape index (κ1) is 21.2. The van der Waals surface area contributed by atoms with Crippen LogP contribution in [0.5, 0.6) is 0 Å². The third-order valence-corrected chi connectivity index (χ3v) is 7.50. The fourth-order valence-electron chi connectivity index (χ4n) is 4.44. The number of hydrogen-bond acceptors (Lipinski definition) is 6. The summed E-state index contributed by atoms with van der Waals surface area (Å²) >= 11 is 1.89. The van der Waals surface area contributed by atoms with Gasteiger partial charge in [0.1, 0.15) is 0 Å². The van der Waals surface area contributed by atoms with Crippen molar-refractivity contribution >= 4 is 11.3 Å². The second kappa shape index (κ2) is 9.85. The molecule has 0 radical (unpaired) electrons. The lowest BCUT2D eigenvalue weighted by atomic mass is 9.85. The van der Waals surface area contributed by atoms with E-state index in [1.54, 1.807) is 6.33 Å². The summed E-state index contributed by atoms with van der Waals surface area (Å²) in [5, 5.41) is 18.1. The molecule has 3 aromatic heterocycles. The molecule has 8 heteroatoms. The summed E-state index contributed by atoms with van der Waals surface area (Å²) in [5.74, 6) is 0.597. The summed E-state index contributed by atoms with van der Waals surface area (Å²) in [5.41, 5.74) is 3.64. The highest BCUT2D eigenvalue weighted by Gasteiger charge is 2.29. The number of thiophene rings is 1. The van der Waals surface area contributed by atoms with E-state index < -0.39 is 0 Å². The third kappa shape index (κ3) is 4.99. The molecule has 4 heterocycles. The fourth-order valence-corrected chi connectivity index (χ4v) is 5.62. The zero-order valence-corrected chi connectivity index (χ0v) is 18.7. The monoisotopic (exact) mass is 428 g/mol. The molecule has 0 aromatic carbocycles. The quantitative estimate of drug-likeness (QED) is 0.547. The van der Waals surface area contributed by atoms with Crippen LogP contribution in [-0.2, 0) is 32.4 Å². The van der Waals surface area contributed by atoms with Crippen molar-refractivity contribution in [1.82, 2.24) is 29.9 Å². The van der Waals surface area contributed by atoms with E-state index in [0.717, 1.165) is 63.1 Å². The summed E-state index contributed by atoms with van der Waals surface area (Å²) in [6.45, 7) is 7.51. The van der Waals surface area contributed by atoms with Gasteiger partial charge in [0.25, 0.3) is 0 Å². The van der Waals surface area contributed by atoms with Gasteiger partial charge in [0.05, 0.1) is 12.0 Å². The van der Waals surface area contributed by atoms with Gasteiger partial charge in [-0.2, -0.15) is 0 Å². The molecule has 0 aliphatic carbocycles. The first-order chi connectivity index (χ1) is 14.7. The largest absolute Gasteiger partial charge is 0.396 e. The minimum absolute atomic E-state index is 0.237. The zero-order chi connectivity index (χ0) is 20.9. The number of hydrogen-bond donors (Lipinski definition) is 2. The van der Waals surface area contributed by atoms with E-state index in [4.69, 9.17) is 0 Å². The lowest BCUT2D eigenvalue weighted by Crippen LogP contribution is -2.39. The number of likely N-dealkylation sites (tertiary alicyclic amines) is 1. The van der Waals surface area contributed by atoms with Crippen molar-refractivity contribution in [2.45, 2.75) is 71.0 Å². The SMILES string of the molecule is CCc1cc(C2CCN(Cc3cn(CCc4cnc[nH]4)nn3)[C@@H](C)C2)c(CCO)s1. The van der Waals surface area contributed by atoms with Gasteiger partial charge in [-0.15, -0.1) is 16.4 Å². The van der Waals surface area contributed by atoms with E-state index in [2.05, 4.69) is 51.3 Å². The zero-order valence-electron chi connectivity index (χ0n) is 17.9. The Kier molecular flexibility index (Phi) is 6.97. The number of aliphatic hydroxyl groups is 1. The van der Waals surface area contributed by atoms with Gasteiger partial charge in [0.2, 0.25) is 0 Å². The Balaban J connectivity index is 1.33. The van der Waals surface area contributed by atoms with Gasteiger partial charge in [0.15, 0.2) is 0 Å². The molecule has 0 saturated carbocycles. The Labute approximate surface area is 182 Å². The van der Waals surface area contributed by atoms with Gasteiger partial charge >= 0.3 is 0 Å². The molecule has 1 aliphatic rings. The van der Waals surface area contributed by atoms with Gasteiger partial charge in [0, 0.05) is 66.4 Å². The van der Waals surface area contributed by atoms with Crippen LogP contribution in [0.2, 0.25) is 0 Å². The number of aryl methyl sites for hydroxylation is 3. The van der Waals surface area contributed by atoms with E-state index in [9.17, 15) is 5.11 Å². The number of imidazole rings is 1. The Morgan fingerprint density at radius 1 is 1.33 bits per heavy atom. The van der Waals surface area contributed by atoms with Crippen LogP contribution in [0.4, 0.5) is 0 Å². The minimum Gasteiger partial charge on any atom is -0.396 e. The molecule has 4 rings (SSSR count). The number of piperidine rings is 1. The molecule has 0 spiro atoms. The van der Waals surface area contributed by atoms with Crippen LogP contribution in [0.15, 0.2) is 24.8 Å². The highest BCUT2D eigenvalue weighted by Crippen LogP contribution is 2.38. The predicted molar refractivity (Wildman–Crippen MR) is 119 cm³/mol. The van der Waals surface area contributed by atoms with Crippen LogP contribution < -0.4 is 0 Å². The molecule has 1 unspecified atom stereocenters. The molecule has 1 fully saturated rings. The maximum atomic E-state index is 9.46. The maximum absolute atomic E-state index is 9.46. The summed E-state index contributed by atoms with van der Waals surface area (Å²) in [7, 11) is 0. The molecule has 3 aromatic rings. The Morgan fingerprint density at radius 3 is 2.97 bits per heavy atom. The molecule has 1 aliphatic heterocycles. The Bertz CT molecular complexity index is 918. The van der Waals surface area contributed by atoms with Crippen LogP contribution in [0, 0.1) is 0 Å². The molecular formula is C22H32N6OS. The summed E-state index contributed by atoms with van der Waals surface area (Å²) < 4.78 is 1.92. The Hall–Kier alpha value is -2.03. The van der Waals surface area contributed by atoms with E-state index >= 15 is 0 Å². The fraction of sp³-hybridized carbons (Fsp3) is 0.591. The summed E-state index contributed by atoms with van der Waals surface area (Å²) in [4.78, 5) is 12.5. The smallest absolute Gasteiger partial charge is 0.0967 e. The number of aromatic amines is 1. The highest BCUT2D eigenvalue weighted by atomic mass is 32.1. The molecule has 0 bridgehead atoms. The highest BCUT2D eigenvalue weighted by molar-refractivity contribution is 7.12. The van der Waals surface area contributed by atoms with Gasteiger partial charge < -0.3 is 10.1 Å². The van der Waals surface area contributed by atoms with Gasteiger partial charge in [-0.1, -0.05) is 12.1 Å². The van der Waals surface area contributed by atoms with Crippen molar-refractivity contribution in [3.8, 4) is 0 Å². The molecule has 7 nitrogen and oxygen atoms in total. The van der Waals surface area contributed by atoms with E-state index in [1.165, 1.54) is 15.3 Å². The summed E-state index contributed by atoms with van der Waals surface area (Å²) in [6, 6.07) is 2.90. The van der Waals surface area contributed by atoms with E-state index in [1.807, 2.05) is 22.2 Å². The molecule has 2 N–H and O–H groups in total. The molecule has 0 amide bonds. The van der Waals surface area contributed by atoms with Crippen LogP contribution in [0.1, 0.15) is 59.3 Å². The molecule has 162 valence electrons. The van der Waals surface area contributed by atoms with Crippen molar-refractivity contribution in [2.75, 3.05) is 13.2 Å². The maximum Gasteiger partial charge on any atom is 0.0967 e. The van der Waals surface area contributed by atoms with Crippen molar-refractivity contribution < 1.29 is 5.11 Å². The summed E-state index contributed by atoms with van der Waals surface area (Å²) in [6.07, 6.45) is 10.7. The molecule has 2 atom stereocenters. The lowest BCUT2D eigenvalue weighted by Gasteiger charge is -2.37. The van der Waals surface area contributed by atoms with E-state index in [0.29, 0.717) is 12.0 Å². The first-order valence-electron chi connectivity index (χ1n) is 11.0. The van der Waals surface area contributed by atoms with Crippen molar-refractivity contribution in [2.24, 2.45) is 0 Å². The van der Waals surface area contributed by atoms with Crippen molar-refractivity contribution in [3.63, 3.8) is 0 Å². The average molecular weight is 429 g/mol. The topological polar surface area (TPSA) is 82.9 Å². The molecule has 1 saturated heterocycles. The average Bonchev–Trinajstić information content (AvgIpc) is 3.49. The number of aromatic nitrogens is 5.